The molecular weight excluding hydrogens is 478 g/mol. The second kappa shape index (κ2) is 13.3. The van der Waals surface area contributed by atoms with Gasteiger partial charge in [0.25, 0.3) is 0 Å². The number of methoxy groups -OCH3 is 2. The molecule has 4 atom stereocenters. The molecule has 0 saturated heterocycles. The van der Waals surface area contributed by atoms with Gasteiger partial charge in [-0.05, 0) is 37.1 Å². The molecular formula is C32H36O2P2. The van der Waals surface area contributed by atoms with E-state index in [0.29, 0.717) is 0 Å². The lowest BCUT2D eigenvalue weighted by Gasteiger charge is -2.40. The van der Waals surface area contributed by atoms with Gasteiger partial charge in [-0.3, -0.25) is 0 Å². The van der Waals surface area contributed by atoms with Crippen LogP contribution < -0.4 is 21.2 Å². The normalized spacial score (nSPS) is 14.9. The van der Waals surface area contributed by atoms with Crippen molar-refractivity contribution in [3.8, 4) is 0 Å². The average Bonchev–Trinajstić information content (AvgIpc) is 2.94. The van der Waals surface area contributed by atoms with Crippen molar-refractivity contribution in [3.05, 3.63) is 121 Å². The Labute approximate surface area is 219 Å². The van der Waals surface area contributed by atoms with Gasteiger partial charge in [0.15, 0.2) is 0 Å². The number of hydrogen-bond acceptors (Lipinski definition) is 2. The SMILES string of the molecule is CO[C@@H]([C@H](OC)[C@@H](C)P(c1ccccc1)c1ccccc1)[C@@H](C)P(c1ccccc1)c1ccccc1. The fourth-order valence-corrected chi connectivity index (χ4v) is 10.7. The molecule has 0 fully saturated rings. The predicted molar refractivity (Wildman–Crippen MR) is 159 cm³/mol. The maximum absolute atomic E-state index is 6.33. The maximum Gasteiger partial charge on any atom is 0.0909 e. The summed E-state index contributed by atoms with van der Waals surface area (Å²) < 4.78 is 12.7. The summed E-state index contributed by atoms with van der Waals surface area (Å²) in [5.41, 5.74) is 0.510. The monoisotopic (exact) mass is 514 g/mol. The third-order valence-corrected chi connectivity index (χ3v) is 12.4. The van der Waals surface area contributed by atoms with Crippen LogP contribution in [0.1, 0.15) is 13.8 Å². The highest BCUT2D eigenvalue weighted by molar-refractivity contribution is 7.74. The van der Waals surface area contributed by atoms with Crippen LogP contribution in [0.4, 0.5) is 0 Å². The summed E-state index contributed by atoms with van der Waals surface area (Å²) in [4.78, 5) is 0. The molecule has 0 bridgehead atoms. The van der Waals surface area contributed by atoms with E-state index in [9.17, 15) is 0 Å². The minimum Gasteiger partial charge on any atom is -0.378 e. The lowest BCUT2D eigenvalue weighted by molar-refractivity contribution is -0.0337. The van der Waals surface area contributed by atoms with E-state index in [4.69, 9.17) is 9.47 Å². The van der Waals surface area contributed by atoms with Crippen LogP contribution in [0, 0.1) is 0 Å². The first-order valence-electron chi connectivity index (χ1n) is 12.5. The zero-order chi connectivity index (χ0) is 25.3. The molecule has 0 N–H and O–H groups in total. The summed E-state index contributed by atoms with van der Waals surface area (Å²) in [5.74, 6) is 0. The Hall–Kier alpha value is -2.34. The quantitative estimate of drug-likeness (QED) is 0.227. The summed E-state index contributed by atoms with van der Waals surface area (Å²) in [7, 11) is 2.40. The van der Waals surface area contributed by atoms with Crippen molar-refractivity contribution in [3.63, 3.8) is 0 Å². The molecule has 0 aliphatic carbocycles. The number of rotatable bonds is 11. The first-order chi connectivity index (χ1) is 17.7. The van der Waals surface area contributed by atoms with E-state index in [0.717, 1.165) is 0 Å². The van der Waals surface area contributed by atoms with E-state index < -0.39 is 15.8 Å². The first-order valence-corrected chi connectivity index (χ1v) is 15.3. The minimum absolute atomic E-state index is 0.0612. The summed E-state index contributed by atoms with van der Waals surface area (Å²) in [5, 5.41) is 5.46. The average molecular weight is 515 g/mol. The first kappa shape index (κ1) is 26.7. The van der Waals surface area contributed by atoms with Crippen molar-refractivity contribution < 1.29 is 9.47 Å². The summed E-state index contributed by atoms with van der Waals surface area (Å²) in [6.07, 6.45) is -0.122. The van der Waals surface area contributed by atoms with E-state index in [2.05, 4.69) is 135 Å². The van der Waals surface area contributed by atoms with Gasteiger partial charge in [0.2, 0.25) is 0 Å². The predicted octanol–water partition coefficient (Wildman–Crippen LogP) is 6.06. The fraction of sp³-hybridized carbons (Fsp3) is 0.250. The molecule has 0 aromatic heterocycles. The topological polar surface area (TPSA) is 18.5 Å². The Morgan fingerprint density at radius 3 is 0.833 bits per heavy atom. The van der Waals surface area contributed by atoms with Crippen LogP contribution in [0.15, 0.2) is 121 Å². The van der Waals surface area contributed by atoms with Gasteiger partial charge in [0.1, 0.15) is 0 Å². The smallest absolute Gasteiger partial charge is 0.0909 e. The number of ether oxygens (including phenoxy) is 2. The molecule has 0 aliphatic rings. The fourth-order valence-electron chi connectivity index (χ4n) is 5.10. The molecule has 0 spiro atoms. The molecule has 0 radical (unpaired) electrons. The highest BCUT2D eigenvalue weighted by atomic mass is 31.1. The van der Waals surface area contributed by atoms with Crippen molar-refractivity contribution >= 4 is 37.1 Å². The maximum atomic E-state index is 6.33. The molecule has 4 aromatic carbocycles. The second-order valence-electron chi connectivity index (χ2n) is 8.96. The minimum atomic E-state index is -0.646. The van der Waals surface area contributed by atoms with Crippen LogP contribution >= 0.6 is 15.8 Å². The number of benzene rings is 4. The van der Waals surface area contributed by atoms with Gasteiger partial charge in [-0.25, -0.2) is 0 Å². The van der Waals surface area contributed by atoms with Gasteiger partial charge < -0.3 is 9.47 Å². The van der Waals surface area contributed by atoms with Gasteiger partial charge in [-0.2, -0.15) is 0 Å². The summed E-state index contributed by atoms with van der Waals surface area (Å²) >= 11 is 0. The van der Waals surface area contributed by atoms with Crippen LogP contribution in [-0.4, -0.2) is 37.7 Å². The summed E-state index contributed by atoms with van der Waals surface area (Å²) in [6.45, 7) is 4.68. The van der Waals surface area contributed by atoms with Crippen molar-refractivity contribution in [2.75, 3.05) is 14.2 Å². The molecule has 0 saturated carbocycles. The highest BCUT2D eigenvalue weighted by Gasteiger charge is 2.39. The molecule has 4 aromatic rings. The lowest BCUT2D eigenvalue weighted by atomic mass is 10.1. The highest BCUT2D eigenvalue weighted by Crippen LogP contribution is 2.47. The van der Waals surface area contributed by atoms with Crippen molar-refractivity contribution in [2.45, 2.75) is 37.4 Å². The molecule has 0 amide bonds. The Morgan fingerprint density at radius 1 is 0.417 bits per heavy atom. The largest absolute Gasteiger partial charge is 0.378 e. The Morgan fingerprint density at radius 2 is 0.639 bits per heavy atom. The molecule has 2 nitrogen and oxygen atoms in total. The Bertz CT molecular complexity index is 982. The molecule has 4 heteroatoms. The third-order valence-electron chi connectivity index (χ3n) is 6.77. The van der Waals surface area contributed by atoms with E-state index in [1.54, 1.807) is 0 Å². The standard InChI is InChI=1S/C32H36O2P2/c1-25(35(27-17-9-5-10-18-27)28-19-11-6-12-20-28)31(33-3)32(34-4)26(2)36(29-21-13-7-14-22-29)30-23-15-8-16-24-30/h5-26,31-32H,1-4H3/t25-,26-,31-,32-/m1/s1. The van der Waals surface area contributed by atoms with Gasteiger partial charge >= 0.3 is 0 Å². The number of hydrogen-bond donors (Lipinski definition) is 0. The molecule has 0 aliphatic heterocycles. The molecule has 186 valence electrons. The second-order valence-corrected chi connectivity index (χ2v) is 14.1. The van der Waals surface area contributed by atoms with Gasteiger partial charge in [0, 0.05) is 25.5 Å². The van der Waals surface area contributed by atoms with Crippen LogP contribution in [0.5, 0.6) is 0 Å². The van der Waals surface area contributed by atoms with Crippen LogP contribution in [0.3, 0.4) is 0 Å². The zero-order valence-electron chi connectivity index (χ0n) is 21.6. The van der Waals surface area contributed by atoms with E-state index in [-0.39, 0.29) is 23.5 Å². The Balaban J connectivity index is 1.73. The van der Waals surface area contributed by atoms with Gasteiger partial charge in [-0.15, -0.1) is 0 Å². The van der Waals surface area contributed by atoms with Crippen molar-refractivity contribution in [1.82, 2.24) is 0 Å². The zero-order valence-corrected chi connectivity index (χ0v) is 23.4. The molecule has 36 heavy (non-hydrogen) atoms. The van der Waals surface area contributed by atoms with Crippen LogP contribution in [-0.2, 0) is 9.47 Å². The summed E-state index contributed by atoms with van der Waals surface area (Å²) in [6, 6.07) is 43.6. The molecule has 0 heterocycles. The molecule has 4 rings (SSSR count). The van der Waals surface area contributed by atoms with Crippen LogP contribution in [0.2, 0.25) is 0 Å². The molecule has 0 unspecified atom stereocenters. The van der Waals surface area contributed by atoms with Gasteiger partial charge in [0.05, 0.1) is 12.2 Å². The van der Waals surface area contributed by atoms with E-state index in [1.807, 2.05) is 14.2 Å². The van der Waals surface area contributed by atoms with Crippen molar-refractivity contribution in [2.24, 2.45) is 0 Å². The van der Waals surface area contributed by atoms with E-state index in [1.165, 1.54) is 21.2 Å². The van der Waals surface area contributed by atoms with Crippen LogP contribution in [0.25, 0.3) is 0 Å². The lowest BCUT2D eigenvalue weighted by Crippen LogP contribution is -2.46. The third kappa shape index (κ3) is 6.13. The van der Waals surface area contributed by atoms with E-state index >= 15 is 0 Å². The van der Waals surface area contributed by atoms with Gasteiger partial charge in [-0.1, -0.05) is 135 Å². The Kier molecular flexibility index (Phi) is 9.85. The van der Waals surface area contributed by atoms with Crippen molar-refractivity contribution in [1.29, 1.82) is 0 Å².